The Kier molecular flexibility index (Phi) is 6.71. The van der Waals surface area contributed by atoms with Gasteiger partial charge in [-0.3, -0.25) is 9.59 Å². The zero-order valence-electron chi connectivity index (χ0n) is 15.5. The second-order valence-corrected chi connectivity index (χ2v) is 7.07. The highest BCUT2D eigenvalue weighted by atomic mass is 79.9. The third-order valence-corrected chi connectivity index (χ3v) is 4.81. The van der Waals surface area contributed by atoms with Crippen LogP contribution in [0.4, 0.5) is 0 Å². The summed E-state index contributed by atoms with van der Waals surface area (Å²) in [5, 5.41) is 6.71. The van der Waals surface area contributed by atoms with Crippen molar-refractivity contribution in [1.29, 1.82) is 0 Å². The molecule has 3 rings (SSSR count). The maximum Gasteiger partial charge on any atom is 0.267 e. The maximum absolute atomic E-state index is 12.2. The number of amides is 2. The summed E-state index contributed by atoms with van der Waals surface area (Å²) in [7, 11) is 0. The number of nitrogens with one attached hydrogen (secondary N) is 3. The van der Waals surface area contributed by atoms with Crippen LogP contribution in [0, 0.1) is 0 Å². The van der Waals surface area contributed by atoms with E-state index in [4.69, 9.17) is 4.74 Å². The topological polar surface area (TPSA) is 83.2 Å². The van der Waals surface area contributed by atoms with Crippen LogP contribution in [0.25, 0.3) is 10.9 Å². The summed E-state index contributed by atoms with van der Waals surface area (Å²) in [5.41, 5.74) is 2.02. The number of para-hydroxylation sites is 1. The second kappa shape index (κ2) is 9.41. The van der Waals surface area contributed by atoms with Crippen LogP contribution in [0.2, 0.25) is 0 Å². The first-order valence-corrected chi connectivity index (χ1v) is 9.94. The Morgan fingerprint density at radius 3 is 2.50 bits per heavy atom. The van der Waals surface area contributed by atoms with Gasteiger partial charge in [0.15, 0.2) is 0 Å². The van der Waals surface area contributed by atoms with E-state index < -0.39 is 0 Å². The minimum absolute atomic E-state index is 0.155. The molecule has 1 heterocycles. The first kappa shape index (κ1) is 19.9. The smallest absolute Gasteiger partial charge is 0.267 e. The van der Waals surface area contributed by atoms with Crippen LogP contribution in [0.15, 0.2) is 53.0 Å². The standard InChI is InChI=1S/C21H22BrN3O3/c1-2-28-19-9-8-15(12-16(19)22)20(26)23-10-5-11-24-21(27)18-13-14-6-3-4-7-17(14)25-18/h3-4,6-9,12-13,25H,2,5,10-11H2,1H3,(H,23,26)(H,24,27). The van der Waals surface area contributed by atoms with E-state index in [1.807, 2.05) is 37.3 Å². The lowest BCUT2D eigenvalue weighted by molar-refractivity contribution is 0.0948. The molecule has 0 saturated heterocycles. The van der Waals surface area contributed by atoms with Gasteiger partial charge < -0.3 is 20.4 Å². The van der Waals surface area contributed by atoms with Gasteiger partial charge in [-0.05, 0) is 59.6 Å². The molecule has 0 bridgehead atoms. The lowest BCUT2D eigenvalue weighted by Gasteiger charge is -2.09. The number of benzene rings is 2. The molecule has 2 aromatic carbocycles. The molecule has 0 aliphatic carbocycles. The zero-order chi connectivity index (χ0) is 19.9. The third-order valence-electron chi connectivity index (χ3n) is 4.19. The quantitative estimate of drug-likeness (QED) is 0.461. The summed E-state index contributed by atoms with van der Waals surface area (Å²) >= 11 is 3.40. The van der Waals surface area contributed by atoms with Crippen LogP contribution >= 0.6 is 15.9 Å². The normalized spacial score (nSPS) is 10.6. The van der Waals surface area contributed by atoms with Gasteiger partial charge in [-0.15, -0.1) is 0 Å². The van der Waals surface area contributed by atoms with E-state index in [1.165, 1.54) is 0 Å². The minimum atomic E-state index is -0.161. The average Bonchev–Trinajstić information content (AvgIpc) is 3.13. The van der Waals surface area contributed by atoms with Crippen LogP contribution in [0.3, 0.4) is 0 Å². The molecule has 3 N–H and O–H groups in total. The van der Waals surface area contributed by atoms with Crippen molar-refractivity contribution in [2.75, 3.05) is 19.7 Å². The van der Waals surface area contributed by atoms with E-state index in [0.29, 0.717) is 43.1 Å². The Labute approximate surface area is 171 Å². The molecule has 0 atom stereocenters. The fourth-order valence-electron chi connectivity index (χ4n) is 2.80. The Morgan fingerprint density at radius 2 is 1.79 bits per heavy atom. The van der Waals surface area contributed by atoms with Crippen molar-refractivity contribution in [3.63, 3.8) is 0 Å². The van der Waals surface area contributed by atoms with Gasteiger partial charge in [0.2, 0.25) is 0 Å². The third kappa shape index (κ3) is 4.92. The monoisotopic (exact) mass is 443 g/mol. The Balaban J connectivity index is 1.42. The summed E-state index contributed by atoms with van der Waals surface area (Å²) in [4.78, 5) is 27.5. The van der Waals surface area contributed by atoms with E-state index in [-0.39, 0.29) is 11.8 Å². The molecular formula is C21H22BrN3O3. The number of hydrogen-bond acceptors (Lipinski definition) is 3. The second-order valence-electron chi connectivity index (χ2n) is 6.21. The van der Waals surface area contributed by atoms with Crippen molar-refractivity contribution < 1.29 is 14.3 Å². The van der Waals surface area contributed by atoms with E-state index >= 15 is 0 Å². The van der Waals surface area contributed by atoms with E-state index in [1.54, 1.807) is 18.2 Å². The Bertz CT molecular complexity index is 951. The predicted octanol–water partition coefficient (Wildman–Crippen LogP) is 3.88. The molecule has 0 radical (unpaired) electrons. The fourth-order valence-corrected chi connectivity index (χ4v) is 3.29. The van der Waals surface area contributed by atoms with Crippen molar-refractivity contribution in [3.8, 4) is 5.75 Å². The Morgan fingerprint density at radius 1 is 1.04 bits per heavy atom. The van der Waals surface area contributed by atoms with Gasteiger partial charge in [-0.25, -0.2) is 0 Å². The van der Waals surface area contributed by atoms with Gasteiger partial charge in [0.05, 0.1) is 11.1 Å². The molecule has 28 heavy (non-hydrogen) atoms. The predicted molar refractivity (Wildman–Crippen MR) is 113 cm³/mol. The van der Waals surface area contributed by atoms with Crippen LogP contribution in [-0.2, 0) is 0 Å². The van der Waals surface area contributed by atoms with Crippen LogP contribution < -0.4 is 15.4 Å². The van der Waals surface area contributed by atoms with Gasteiger partial charge in [-0.1, -0.05) is 18.2 Å². The molecule has 2 amide bonds. The number of fused-ring (bicyclic) bond motifs is 1. The van der Waals surface area contributed by atoms with Gasteiger partial charge in [0.1, 0.15) is 11.4 Å². The lowest BCUT2D eigenvalue weighted by Crippen LogP contribution is -2.30. The molecule has 146 valence electrons. The number of rotatable bonds is 8. The number of aromatic nitrogens is 1. The molecular weight excluding hydrogens is 422 g/mol. The molecule has 0 aliphatic heterocycles. The van der Waals surface area contributed by atoms with E-state index in [0.717, 1.165) is 15.4 Å². The summed E-state index contributed by atoms with van der Waals surface area (Å²) < 4.78 is 6.18. The van der Waals surface area contributed by atoms with Gasteiger partial charge >= 0.3 is 0 Å². The number of hydrogen-bond donors (Lipinski definition) is 3. The minimum Gasteiger partial charge on any atom is -0.493 e. The first-order valence-electron chi connectivity index (χ1n) is 9.15. The van der Waals surface area contributed by atoms with Gasteiger partial charge in [-0.2, -0.15) is 0 Å². The summed E-state index contributed by atoms with van der Waals surface area (Å²) in [5.74, 6) is 0.391. The van der Waals surface area contributed by atoms with Crippen molar-refractivity contribution in [2.24, 2.45) is 0 Å². The molecule has 0 spiro atoms. The van der Waals surface area contributed by atoms with Crippen molar-refractivity contribution in [1.82, 2.24) is 15.6 Å². The van der Waals surface area contributed by atoms with Crippen molar-refractivity contribution >= 4 is 38.6 Å². The molecule has 0 fully saturated rings. The van der Waals surface area contributed by atoms with Crippen LogP contribution in [0.5, 0.6) is 5.75 Å². The van der Waals surface area contributed by atoms with Crippen molar-refractivity contribution in [2.45, 2.75) is 13.3 Å². The lowest BCUT2D eigenvalue weighted by atomic mass is 10.2. The molecule has 0 aliphatic rings. The Hall–Kier alpha value is -2.80. The molecule has 0 saturated carbocycles. The largest absolute Gasteiger partial charge is 0.493 e. The molecule has 0 unspecified atom stereocenters. The SMILES string of the molecule is CCOc1ccc(C(=O)NCCCNC(=O)c2cc3ccccc3[nH]2)cc1Br. The summed E-state index contributed by atoms with van der Waals surface area (Å²) in [6, 6.07) is 14.8. The summed E-state index contributed by atoms with van der Waals surface area (Å²) in [6.07, 6.45) is 0.635. The molecule has 3 aromatic rings. The highest BCUT2D eigenvalue weighted by molar-refractivity contribution is 9.10. The number of halogens is 1. The van der Waals surface area contributed by atoms with Gasteiger partial charge in [0, 0.05) is 29.6 Å². The average molecular weight is 444 g/mol. The van der Waals surface area contributed by atoms with Crippen LogP contribution in [-0.4, -0.2) is 36.5 Å². The number of carbonyl (C=O) groups is 2. The number of H-pyrrole nitrogens is 1. The zero-order valence-corrected chi connectivity index (χ0v) is 17.1. The van der Waals surface area contributed by atoms with E-state index in [9.17, 15) is 9.59 Å². The number of ether oxygens (including phenoxy) is 1. The van der Waals surface area contributed by atoms with E-state index in [2.05, 4.69) is 31.5 Å². The van der Waals surface area contributed by atoms with Crippen molar-refractivity contribution in [3.05, 3.63) is 64.3 Å². The number of carbonyl (C=O) groups excluding carboxylic acids is 2. The molecule has 1 aromatic heterocycles. The van der Waals surface area contributed by atoms with Crippen LogP contribution in [0.1, 0.15) is 34.2 Å². The molecule has 6 nitrogen and oxygen atoms in total. The maximum atomic E-state index is 12.2. The van der Waals surface area contributed by atoms with Gasteiger partial charge in [0.25, 0.3) is 11.8 Å². The first-order chi connectivity index (χ1) is 13.6. The highest BCUT2D eigenvalue weighted by Crippen LogP contribution is 2.25. The summed E-state index contributed by atoms with van der Waals surface area (Å²) in [6.45, 7) is 3.41. The molecule has 7 heteroatoms. The fraction of sp³-hybridized carbons (Fsp3) is 0.238. The highest BCUT2D eigenvalue weighted by Gasteiger charge is 2.10. The number of aromatic amines is 1.